The standard InChI is InChI=1S/C19H20BrFN4O2/c1-12(2)7-8-22-17(26)11-25-9-3-4-16(25)19-23-18(24-27-19)13-5-6-15(21)14(20)10-13/h3-6,9-10,12H,7-8,11H2,1-2H3,(H,22,26). The minimum atomic E-state index is -0.361. The van der Waals surface area contributed by atoms with E-state index >= 15 is 0 Å². The van der Waals surface area contributed by atoms with Crippen LogP contribution in [0.4, 0.5) is 4.39 Å². The quantitative estimate of drug-likeness (QED) is 0.602. The van der Waals surface area contributed by atoms with E-state index in [1.807, 2.05) is 6.07 Å². The predicted octanol–water partition coefficient (Wildman–Crippen LogP) is 4.27. The van der Waals surface area contributed by atoms with E-state index in [2.05, 4.69) is 45.2 Å². The van der Waals surface area contributed by atoms with Crippen molar-refractivity contribution in [3.63, 3.8) is 0 Å². The normalized spacial score (nSPS) is 11.1. The molecule has 6 nitrogen and oxygen atoms in total. The summed E-state index contributed by atoms with van der Waals surface area (Å²) >= 11 is 3.15. The molecule has 0 saturated carbocycles. The van der Waals surface area contributed by atoms with E-state index in [4.69, 9.17) is 4.52 Å². The SMILES string of the molecule is CC(C)CCNC(=O)Cn1cccc1-c1nc(-c2ccc(F)c(Br)c2)no1. The molecule has 1 aromatic carbocycles. The zero-order valence-electron chi connectivity index (χ0n) is 15.1. The Morgan fingerprint density at radius 3 is 2.93 bits per heavy atom. The molecule has 3 aromatic rings. The topological polar surface area (TPSA) is 73.0 Å². The van der Waals surface area contributed by atoms with Crippen molar-refractivity contribution in [1.29, 1.82) is 0 Å². The lowest BCUT2D eigenvalue weighted by atomic mass is 10.1. The number of hydrogen-bond donors (Lipinski definition) is 1. The van der Waals surface area contributed by atoms with E-state index in [0.717, 1.165) is 6.42 Å². The fraction of sp³-hybridized carbons (Fsp3) is 0.316. The Balaban J connectivity index is 1.73. The van der Waals surface area contributed by atoms with Crippen molar-refractivity contribution in [3.8, 4) is 23.0 Å². The van der Waals surface area contributed by atoms with Crippen molar-refractivity contribution in [3.05, 3.63) is 46.8 Å². The van der Waals surface area contributed by atoms with Crippen LogP contribution in [0.1, 0.15) is 20.3 Å². The van der Waals surface area contributed by atoms with Crippen molar-refractivity contribution in [1.82, 2.24) is 20.0 Å². The summed E-state index contributed by atoms with van der Waals surface area (Å²) in [5.74, 6) is 0.746. The Hall–Kier alpha value is -2.48. The van der Waals surface area contributed by atoms with Gasteiger partial charge in [0.15, 0.2) is 0 Å². The van der Waals surface area contributed by atoms with Crippen LogP contribution in [-0.4, -0.2) is 27.2 Å². The third-order valence-electron chi connectivity index (χ3n) is 4.01. The van der Waals surface area contributed by atoms with Gasteiger partial charge >= 0.3 is 0 Å². The fourth-order valence-electron chi connectivity index (χ4n) is 2.54. The number of carbonyl (C=O) groups excluding carboxylic acids is 1. The third-order valence-corrected chi connectivity index (χ3v) is 4.62. The average Bonchev–Trinajstić information content (AvgIpc) is 3.26. The van der Waals surface area contributed by atoms with Crippen LogP contribution in [0, 0.1) is 11.7 Å². The maximum absolute atomic E-state index is 13.4. The smallest absolute Gasteiger partial charge is 0.274 e. The Labute approximate surface area is 164 Å². The van der Waals surface area contributed by atoms with Gasteiger partial charge in [-0.15, -0.1) is 0 Å². The summed E-state index contributed by atoms with van der Waals surface area (Å²) in [6.45, 7) is 5.05. The van der Waals surface area contributed by atoms with Gasteiger partial charge < -0.3 is 14.4 Å². The van der Waals surface area contributed by atoms with Gasteiger partial charge in [-0.2, -0.15) is 4.98 Å². The largest absolute Gasteiger partial charge is 0.355 e. The van der Waals surface area contributed by atoms with E-state index in [0.29, 0.717) is 39.9 Å². The van der Waals surface area contributed by atoms with Crippen molar-refractivity contribution in [2.24, 2.45) is 5.92 Å². The highest BCUT2D eigenvalue weighted by molar-refractivity contribution is 9.10. The van der Waals surface area contributed by atoms with Crippen LogP contribution in [0.3, 0.4) is 0 Å². The molecular weight excluding hydrogens is 415 g/mol. The summed E-state index contributed by atoms with van der Waals surface area (Å²) in [5, 5.41) is 6.87. The van der Waals surface area contributed by atoms with Gasteiger partial charge in [0, 0.05) is 18.3 Å². The van der Waals surface area contributed by atoms with Gasteiger partial charge in [0.05, 0.1) is 4.47 Å². The molecule has 8 heteroatoms. The highest BCUT2D eigenvalue weighted by Gasteiger charge is 2.16. The highest BCUT2D eigenvalue weighted by atomic mass is 79.9. The number of hydrogen-bond acceptors (Lipinski definition) is 4. The number of amides is 1. The van der Waals surface area contributed by atoms with Crippen molar-refractivity contribution in [2.75, 3.05) is 6.54 Å². The Morgan fingerprint density at radius 2 is 2.19 bits per heavy atom. The van der Waals surface area contributed by atoms with E-state index in [1.165, 1.54) is 6.07 Å². The molecule has 0 spiro atoms. The molecule has 2 heterocycles. The Kier molecular flexibility index (Phi) is 6.05. The monoisotopic (exact) mass is 434 g/mol. The molecule has 1 N–H and O–H groups in total. The molecule has 0 radical (unpaired) electrons. The molecule has 0 fully saturated rings. The van der Waals surface area contributed by atoms with Crippen LogP contribution in [0.15, 0.2) is 45.5 Å². The lowest BCUT2D eigenvalue weighted by Gasteiger charge is -2.09. The predicted molar refractivity (Wildman–Crippen MR) is 103 cm³/mol. The summed E-state index contributed by atoms with van der Waals surface area (Å²) < 4.78 is 20.8. The third kappa shape index (κ3) is 4.82. The van der Waals surface area contributed by atoms with Gasteiger partial charge in [0.1, 0.15) is 18.1 Å². The lowest BCUT2D eigenvalue weighted by Crippen LogP contribution is -2.29. The molecule has 0 aliphatic heterocycles. The van der Waals surface area contributed by atoms with Gasteiger partial charge in [-0.25, -0.2) is 4.39 Å². The van der Waals surface area contributed by atoms with Crippen molar-refractivity contribution in [2.45, 2.75) is 26.8 Å². The van der Waals surface area contributed by atoms with Gasteiger partial charge in [-0.1, -0.05) is 19.0 Å². The first-order chi connectivity index (χ1) is 12.9. The second kappa shape index (κ2) is 8.47. The number of carbonyl (C=O) groups is 1. The number of rotatable bonds is 7. The molecule has 0 aliphatic rings. The zero-order valence-corrected chi connectivity index (χ0v) is 16.7. The van der Waals surface area contributed by atoms with Crippen LogP contribution in [0.2, 0.25) is 0 Å². The number of nitrogens with one attached hydrogen (secondary N) is 1. The van der Waals surface area contributed by atoms with Crippen LogP contribution in [0.5, 0.6) is 0 Å². The molecule has 27 heavy (non-hydrogen) atoms. The molecule has 0 aliphatic carbocycles. The van der Waals surface area contributed by atoms with Crippen LogP contribution < -0.4 is 5.32 Å². The van der Waals surface area contributed by atoms with E-state index in [1.54, 1.807) is 29.0 Å². The van der Waals surface area contributed by atoms with Gasteiger partial charge in [0.2, 0.25) is 11.7 Å². The maximum Gasteiger partial charge on any atom is 0.274 e. The van der Waals surface area contributed by atoms with Crippen molar-refractivity contribution >= 4 is 21.8 Å². The summed E-state index contributed by atoms with van der Waals surface area (Å²) in [5.41, 5.74) is 1.27. The number of halogens is 2. The average molecular weight is 435 g/mol. The van der Waals surface area contributed by atoms with Gasteiger partial charge in [-0.05, 0) is 58.6 Å². The first kappa shape index (κ1) is 19.3. The van der Waals surface area contributed by atoms with Crippen LogP contribution in [-0.2, 0) is 11.3 Å². The Morgan fingerprint density at radius 1 is 1.37 bits per heavy atom. The first-order valence-electron chi connectivity index (χ1n) is 8.65. The summed E-state index contributed by atoms with van der Waals surface area (Å²) in [6.07, 6.45) is 2.72. The maximum atomic E-state index is 13.4. The molecule has 0 bridgehead atoms. The second-order valence-electron chi connectivity index (χ2n) is 6.61. The van der Waals surface area contributed by atoms with Crippen LogP contribution in [0.25, 0.3) is 23.0 Å². The summed E-state index contributed by atoms with van der Waals surface area (Å²) in [4.78, 5) is 16.5. The minimum absolute atomic E-state index is 0.0738. The Bertz CT molecular complexity index is 935. The zero-order chi connectivity index (χ0) is 19.4. The van der Waals surface area contributed by atoms with Crippen molar-refractivity contribution < 1.29 is 13.7 Å². The second-order valence-corrected chi connectivity index (χ2v) is 7.46. The lowest BCUT2D eigenvalue weighted by molar-refractivity contribution is -0.121. The molecule has 1 amide bonds. The summed E-state index contributed by atoms with van der Waals surface area (Å²) in [7, 11) is 0. The molecule has 0 unspecified atom stereocenters. The molecule has 2 aromatic heterocycles. The van der Waals surface area contributed by atoms with E-state index in [-0.39, 0.29) is 18.3 Å². The minimum Gasteiger partial charge on any atom is -0.355 e. The fourth-order valence-corrected chi connectivity index (χ4v) is 2.92. The first-order valence-corrected chi connectivity index (χ1v) is 9.44. The van der Waals surface area contributed by atoms with E-state index in [9.17, 15) is 9.18 Å². The van der Waals surface area contributed by atoms with Crippen LogP contribution >= 0.6 is 15.9 Å². The molecule has 0 atom stereocenters. The number of aromatic nitrogens is 3. The summed E-state index contributed by atoms with van der Waals surface area (Å²) in [6, 6.07) is 8.12. The molecule has 142 valence electrons. The highest BCUT2D eigenvalue weighted by Crippen LogP contribution is 2.26. The number of nitrogens with zero attached hydrogens (tertiary/aromatic N) is 3. The number of benzene rings is 1. The molecule has 3 rings (SSSR count). The molecule has 0 saturated heterocycles. The van der Waals surface area contributed by atoms with Gasteiger partial charge in [-0.3, -0.25) is 4.79 Å². The van der Waals surface area contributed by atoms with E-state index < -0.39 is 0 Å². The van der Waals surface area contributed by atoms with Gasteiger partial charge in [0.25, 0.3) is 5.89 Å². The molecular formula is C19H20BrFN4O2.